The lowest BCUT2D eigenvalue weighted by atomic mass is 9.65. The number of carbonyl (C=O) groups is 2. The molecule has 54 heavy (non-hydrogen) atoms. The van der Waals surface area contributed by atoms with Gasteiger partial charge in [-0.05, 0) is 170 Å². The van der Waals surface area contributed by atoms with Crippen LogP contribution in [-0.2, 0) is 9.47 Å². The summed E-state index contributed by atoms with van der Waals surface area (Å²) < 4.78 is 22.3. The molecular formula is C46H64N2O6. The van der Waals surface area contributed by atoms with E-state index < -0.39 is 11.2 Å². The number of benzene rings is 2. The van der Waals surface area contributed by atoms with Crippen molar-refractivity contribution in [3.05, 3.63) is 64.7 Å². The first kappa shape index (κ1) is 38.6. The molecular weight excluding hydrogens is 677 g/mol. The Kier molecular flexibility index (Phi) is 10.5. The van der Waals surface area contributed by atoms with E-state index >= 15 is 0 Å². The van der Waals surface area contributed by atoms with E-state index in [4.69, 9.17) is 18.9 Å². The van der Waals surface area contributed by atoms with Gasteiger partial charge in [-0.15, -0.1) is 0 Å². The standard InChI is InChI=1S/C23H33NO3.C23H31NO3/c2*1-22(2,3)27-21(25)24-14-23(15-24)11-9-16(10-12-23)18-7-8-19(17-5-6-17)20(13-18)26-4/h7-8,13,16-17H,5-6,9-12,14-15H2,1-4H3;7-9,13,17H,5-6,10-12,14-15H2,1-4H3. The molecule has 0 radical (unpaired) electrons. The summed E-state index contributed by atoms with van der Waals surface area (Å²) in [5.74, 6) is 4.16. The summed E-state index contributed by atoms with van der Waals surface area (Å²) >= 11 is 0. The van der Waals surface area contributed by atoms with Crippen molar-refractivity contribution in [3.8, 4) is 11.5 Å². The average molecular weight is 741 g/mol. The van der Waals surface area contributed by atoms with E-state index in [1.54, 1.807) is 14.2 Å². The van der Waals surface area contributed by atoms with Gasteiger partial charge in [0.25, 0.3) is 0 Å². The van der Waals surface area contributed by atoms with Crippen LogP contribution >= 0.6 is 0 Å². The predicted octanol–water partition coefficient (Wildman–Crippen LogP) is 10.8. The maximum atomic E-state index is 12.2. The van der Waals surface area contributed by atoms with E-state index in [0.29, 0.717) is 17.3 Å². The van der Waals surface area contributed by atoms with E-state index in [2.05, 4.69) is 42.5 Å². The van der Waals surface area contributed by atoms with Crippen LogP contribution in [0.2, 0.25) is 0 Å². The Hall–Kier alpha value is -3.68. The summed E-state index contributed by atoms with van der Waals surface area (Å²) in [6.45, 7) is 14.9. The van der Waals surface area contributed by atoms with E-state index in [-0.39, 0.29) is 17.6 Å². The maximum Gasteiger partial charge on any atom is 0.410 e. The van der Waals surface area contributed by atoms with Crippen molar-refractivity contribution >= 4 is 17.8 Å². The molecule has 3 saturated carbocycles. The third kappa shape index (κ3) is 8.89. The SMILES string of the molecule is COc1cc(C2=CCC3(CC2)CN(C(=O)OC(C)(C)C)C3)ccc1C1CC1.COc1cc(C2CCC3(CC2)CN(C(=O)OC(C)(C)C)C3)ccc1C1CC1. The van der Waals surface area contributed by atoms with Crippen LogP contribution in [-0.4, -0.2) is 73.6 Å². The van der Waals surface area contributed by atoms with Gasteiger partial charge in [0, 0.05) is 37.0 Å². The number of amides is 2. The molecule has 0 unspecified atom stereocenters. The zero-order valence-electron chi connectivity index (χ0n) is 34.2. The van der Waals surface area contributed by atoms with Crippen LogP contribution in [0.4, 0.5) is 9.59 Å². The topological polar surface area (TPSA) is 77.5 Å². The highest BCUT2D eigenvalue weighted by Gasteiger charge is 2.49. The van der Waals surface area contributed by atoms with Gasteiger partial charge >= 0.3 is 12.2 Å². The molecule has 0 aromatic heterocycles. The molecule has 4 aliphatic carbocycles. The van der Waals surface area contributed by atoms with Gasteiger partial charge in [0.15, 0.2) is 0 Å². The number of carbonyl (C=O) groups excluding carboxylic acids is 2. The van der Waals surface area contributed by atoms with Gasteiger partial charge in [0.1, 0.15) is 22.7 Å². The van der Waals surface area contributed by atoms with Crippen LogP contribution in [0.15, 0.2) is 42.5 Å². The van der Waals surface area contributed by atoms with Crippen LogP contribution in [0.3, 0.4) is 0 Å². The number of allylic oxidation sites excluding steroid dienone is 2. The smallest absolute Gasteiger partial charge is 0.410 e. The normalized spacial score (nSPS) is 22.0. The Labute approximate surface area is 323 Å². The number of nitrogens with zero attached hydrogens (tertiary/aromatic N) is 2. The largest absolute Gasteiger partial charge is 0.496 e. The number of methoxy groups -OCH3 is 2. The van der Waals surface area contributed by atoms with Crippen molar-refractivity contribution in [2.24, 2.45) is 10.8 Å². The molecule has 294 valence electrons. The summed E-state index contributed by atoms with van der Waals surface area (Å²) in [7, 11) is 3.56. The molecule has 0 bridgehead atoms. The second-order valence-corrected chi connectivity index (χ2v) is 19.4. The molecule has 2 amide bonds. The Morgan fingerprint density at radius 2 is 1.13 bits per heavy atom. The lowest BCUT2D eigenvalue weighted by Gasteiger charge is -2.53. The zero-order chi connectivity index (χ0) is 38.5. The van der Waals surface area contributed by atoms with Crippen LogP contribution in [0.25, 0.3) is 5.57 Å². The van der Waals surface area contributed by atoms with Gasteiger partial charge in [-0.25, -0.2) is 9.59 Å². The molecule has 8 heteroatoms. The first-order valence-electron chi connectivity index (χ1n) is 20.6. The van der Waals surface area contributed by atoms with Gasteiger partial charge < -0.3 is 28.7 Å². The monoisotopic (exact) mass is 740 g/mol. The van der Waals surface area contributed by atoms with Gasteiger partial charge in [0.2, 0.25) is 0 Å². The molecule has 2 heterocycles. The molecule has 0 atom stereocenters. The fourth-order valence-electron chi connectivity index (χ4n) is 9.17. The minimum absolute atomic E-state index is 0.157. The molecule has 5 fully saturated rings. The maximum absolute atomic E-state index is 12.2. The van der Waals surface area contributed by atoms with Crippen molar-refractivity contribution < 1.29 is 28.5 Å². The van der Waals surface area contributed by atoms with Crippen LogP contribution in [0.1, 0.15) is 152 Å². The van der Waals surface area contributed by atoms with Crippen molar-refractivity contribution in [2.45, 2.75) is 141 Å². The number of ether oxygens (including phenoxy) is 4. The Balaban J connectivity index is 0.000000167. The third-order valence-electron chi connectivity index (χ3n) is 12.5. The van der Waals surface area contributed by atoms with E-state index in [0.717, 1.165) is 62.9 Å². The van der Waals surface area contributed by atoms with Crippen LogP contribution in [0, 0.1) is 10.8 Å². The molecule has 2 spiro atoms. The minimum atomic E-state index is -0.425. The average Bonchev–Trinajstić information content (AvgIpc) is 4.03. The summed E-state index contributed by atoms with van der Waals surface area (Å²) in [5, 5.41) is 0. The number of likely N-dealkylation sites (tertiary alicyclic amines) is 2. The first-order chi connectivity index (χ1) is 25.6. The first-order valence-corrected chi connectivity index (χ1v) is 20.6. The van der Waals surface area contributed by atoms with Crippen molar-refractivity contribution in [2.75, 3.05) is 40.4 Å². The molecule has 2 aliphatic heterocycles. The highest BCUT2D eigenvalue weighted by atomic mass is 16.6. The highest BCUT2D eigenvalue weighted by molar-refractivity contribution is 5.71. The molecule has 6 aliphatic rings. The Morgan fingerprint density at radius 1 is 0.630 bits per heavy atom. The Morgan fingerprint density at radius 3 is 1.59 bits per heavy atom. The number of rotatable bonds is 6. The summed E-state index contributed by atoms with van der Waals surface area (Å²) in [6, 6.07) is 13.6. The minimum Gasteiger partial charge on any atom is -0.496 e. The zero-order valence-corrected chi connectivity index (χ0v) is 34.2. The second kappa shape index (κ2) is 14.8. The number of hydrogen-bond donors (Lipinski definition) is 0. The predicted molar refractivity (Wildman–Crippen MR) is 213 cm³/mol. The van der Waals surface area contributed by atoms with Crippen LogP contribution < -0.4 is 9.47 Å². The quantitative estimate of drug-likeness (QED) is 0.293. The highest BCUT2D eigenvalue weighted by Crippen LogP contribution is 2.51. The van der Waals surface area contributed by atoms with Crippen molar-refractivity contribution in [1.29, 1.82) is 0 Å². The molecule has 8 nitrogen and oxygen atoms in total. The van der Waals surface area contributed by atoms with Crippen molar-refractivity contribution in [1.82, 2.24) is 9.80 Å². The summed E-state index contributed by atoms with van der Waals surface area (Å²) in [6.07, 6.45) is 15.2. The molecule has 2 aromatic rings. The van der Waals surface area contributed by atoms with E-state index in [9.17, 15) is 9.59 Å². The van der Waals surface area contributed by atoms with E-state index in [1.165, 1.54) is 79.2 Å². The summed E-state index contributed by atoms with van der Waals surface area (Å²) in [4.78, 5) is 28.1. The number of hydrogen-bond acceptors (Lipinski definition) is 6. The summed E-state index contributed by atoms with van der Waals surface area (Å²) in [5.41, 5.74) is 6.61. The fraction of sp³-hybridized carbons (Fsp3) is 0.652. The molecule has 2 aromatic carbocycles. The van der Waals surface area contributed by atoms with Gasteiger partial charge in [-0.2, -0.15) is 0 Å². The van der Waals surface area contributed by atoms with Gasteiger partial charge in [-0.1, -0.05) is 30.3 Å². The molecule has 0 N–H and O–H groups in total. The van der Waals surface area contributed by atoms with Gasteiger partial charge in [0.05, 0.1) is 14.2 Å². The third-order valence-corrected chi connectivity index (χ3v) is 12.5. The molecule has 8 rings (SSSR count). The lowest BCUT2D eigenvalue weighted by Crippen LogP contribution is -2.60. The van der Waals surface area contributed by atoms with Gasteiger partial charge in [-0.3, -0.25) is 0 Å². The molecule has 2 saturated heterocycles. The van der Waals surface area contributed by atoms with Crippen LogP contribution in [0.5, 0.6) is 11.5 Å². The van der Waals surface area contributed by atoms with Crippen molar-refractivity contribution in [3.63, 3.8) is 0 Å². The fourth-order valence-corrected chi connectivity index (χ4v) is 9.17. The Bertz CT molecular complexity index is 1720. The second-order valence-electron chi connectivity index (χ2n) is 19.4. The lowest BCUT2D eigenvalue weighted by molar-refractivity contribution is -0.0506. The van der Waals surface area contributed by atoms with E-state index in [1.807, 2.05) is 51.3 Å².